The maximum Gasteiger partial charge on any atom is 0.191 e. The van der Waals surface area contributed by atoms with Crippen molar-refractivity contribution in [2.75, 3.05) is 33.4 Å². The van der Waals surface area contributed by atoms with Crippen LogP contribution in [0.25, 0.3) is 0 Å². The smallest absolute Gasteiger partial charge is 0.191 e. The van der Waals surface area contributed by atoms with E-state index in [2.05, 4.69) is 28.6 Å². The maximum absolute atomic E-state index is 5.86. The highest BCUT2D eigenvalue weighted by molar-refractivity contribution is 5.79. The van der Waals surface area contributed by atoms with Gasteiger partial charge in [0.05, 0.1) is 13.2 Å². The first-order valence-electron chi connectivity index (χ1n) is 7.41. The monoisotopic (exact) mass is 293 g/mol. The molecule has 5 heteroatoms. The number of guanidine groups is 1. The van der Waals surface area contributed by atoms with Gasteiger partial charge in [0, 0.05) is 20.2 Å². The van der Waals surface area contributed by atoms with E-state index in [4.69, 9.17) is 9.47 Å². The highest BCUT2D eigenvalue weighted by Crippen LogP contribution is 2.13. The molecule has 118 valence electrons. The van der Waals surface area contributed by atoms with E-state index in [-0.39, 0.29) is 6.10 Å². The number of hydrogen-bond acceptors (Lipinski definition) is 3. The first kappa shape index (κ1) is 17.3. The van der Waals surface area contributed by atoms with Crippen LogP contribution in [0.15, 0.2) is 29.3 Å². The van der Waals surface area contributed by atoms with E-state index in [1.807, 2.05) is 32.0 Å². The summed E-state index contributed by atoms with van der Waals surface area (Å²) < 4.78 is 11.1. The van der Waals surface area contributed by atoms with Crippen LogP contribution in [0.2, 0.25) is 0 Å². The summed E-state index contributed by atoms with van der Waals surface area (Å²) in [6.07, 6.45) is 0.0530. The van der Waals surface area contributed by atoms with Crippen LogP contribution in [0.3, 0.4) is 0 Å². The van der Waals surface area contributed by atoms with Crippen molar-refractivity contribution in [2.45, 2.75) is 26.9 Å². The van der Waals surface area contributed by atoms with Gasteiger partial charge in [-0.05, 0) is 38.5 Å². The fourth-order valence-electron chi connectivity index (χ4n) is 1.81. The van der Waals surface area contributed by atoms with E-state index in [0.717, 1.165) is 24.9 Å². The van der Waals surface area contributed by atoms with Crippen LogP contribution in [0.1, 0.15) is 19.4 Å². The number of nitrogens with zero attached hydrogens (tertiary/aromatic N) is 1. The van der Waals surface area contributed by atoms with Crippen LogP contribution in [-0.2, 0) is 4.74 Å². The number of benzene rings is 1. The average Bonchev–Trinajstić information content (AvgIpc) is 2.46. The van der Waals surface area contributed by atoms with E-state index in [1.165, 1.54) is 5.56 Å². The Labute approximate surface area is 127 Å². The zero-order chi connectivity index (χ0) is 15.5. The lowest BCUT2D eigenvalue weighted by atomic mass is 10.2. The highest BCUT2D eigenvalue weighted by atomic mass is 16.5. The standard InChI is InChI=1S/C16H27N3O2/c1-5-20-10-9-18-16(17-4)19-12-14(3)21-15-8-6-7-13(2)11-15/h6-8,11,14H,5,9-10,12H2,1-4H3,(H2,17,18,19). The second-order valence-electron chi connectivity index (χ2n) is 4.82. The molecule has 1 aromatic rings. The minimum atomic E-state index is 0.0530. The molecule has 2 N–H and O–H groups in total. The second kappa shape index (κ2) is 10.0. The van der Waals surface area contributed by atoms with Gasteiger partial charge in [-0.25, -0.2) is 0 Å². The molecule has 0 aliphatic rings. The van der Waals surface area contributed by atoms with Gasteiger partial charge in [-0.15, -0.1) is 0 Å². The molecule has 0 heterocycles. The van der Waals surface area contributed by atoms with E-state index >= 15 is 0 Å². The van der Waals surface area contributed by atoms with E-state index < -0.39 is 0 Å². The van der Waals surface area contributed by atoms with E-state index in [9.17, 15) is 0 Å². The Bertz CT molecular complexity index is 435. The molecule has 0 amide bonds. The lowest BCUT2D eigenvalue weighted by Gasteiger charge is -2.18. The lowest BCUT2D eigenvalue weighted by Crippen LogP contribution is -2.42. The van der Waals surface area contributed by atoms with Crippen LogP contribution < -0.4 is 15.4 Å². The lowest BCUT2D eigenvalue weighted by molar-refractivity contribution is 0.152. The topological polar surface area (TPSA) is 54.9 Å². The summed E-state index contributed by atoms with van der Waals surface area (Å²) in [4.78, 5) is 4.16. The Morgan fingerprint density at radius 3 is 2.81 bits per heavy atom. The molecule has 0 radical (unpaired) electrons. The molecule has 0 aliphatic carbocycles. The number of aryl methyl sites for hydroxylation is 1. The SMILES string of the molecule is CCOCCNC(=NC)NCC(C)Oc1cccc(C)c1. The fraction of sp³-hybridized carbons (Fsp3) is 0.562. The zero-order valence-corrected chi connectivity index (χ0v) is 13.5. The predicted molar refractivity (Wildman–Crippen MR) is 87.1 cm³/mol. The summed E-state index contributed by atoms with van der Waals surface area (Å²) >= 11 is 0. The minimum absolute atomic E-state index is 0.0530. The van der Waals surface area contributed by atoms with Gasteiger partial charge in [0.15, 0.2) is 5.96 Å². The minimum Gasteiger partial charge on any atom is -0.489 e. The van der Waals surface area contributed by atoms with Gasteiger partial charge >= 0.3 is 0 Å². The van der Waals surface area contributed by atoms with Gasteiger partial charge in [-0.2, -0.15) is 0 Å². The van der Waals surface area contributed by atoms with Gasteiger partial charge in [0.2, 0.25) is 0 Å². The maximum atomic E-state index is 5.86. The van der Waals surface area contributed by atoms with Crippen molar-refractivity contribution in [1.82, 2.24) is 10.6 Å². The molecule has 1 rings (SSSR count). The molecule has 0 aromatic heterocycles. The van der Waals surface area contributed by atoms with Crippen molar-refractivity contribution in [3.63, 3.8) is 0 Å². The Kier molecular flexibility index (Phi) is 8.28. The molecule has 21 heavy (non-hydrogen) atoms. The molecule has 0 saturated heterocycles. The first-order valence-corrected chi connectivity index (χ1v) is 7.41. The molecule has 0 spiro atoms. The van der Waals surface area contributed by atoms with Crippen molar-refractivity contribution in [2.24, 2.45) is 4.99 Å². The molecular formula is C16H27N3O2. The Morgan fingerprint density at radius 2 is 2.14 bits per heavy atom. The molecule has 0 fully saturated rings. The van der Waals surface area contributed by atoms with E-state index in [1.54, 1.807) is 7.05 Å². The number of rotatable bonds is 8. The van der Waals surface area contributed by atoms with Crippen LogP contribution in [0.5, 0.6) is 5.75 Å². The third-order valence-electron chi connectivity index (χ3n) is 2.85. The van der Waals surface area contributed by atoms with Crippen LogP contribution >= 0.6 is 0 Å². The third kappa shape index (κ3) is 7.56. The molecular weight excluding hydrogens is 266 g/mol. The summed E-state index contributed by atoms with van der Waals surface area (Å²) in [5, 5.41) is 6.43. The predicted octanol–water partition coefficient (Wildman–Crippen LogP) is 1.96. The van der Waals surface area contributed by atoms with E-state index in [0.29, 0.717) is 13.2 Å². The molecule has 1 aromatic carbocycles. The van der Waals surface area contributed by atoms with Crippen molar-refractivity contribution < 1.29 is 9.47 Å². The van der Waals surface area contributed by atoms with Crippen molar-refractivity contribution in [3.8, 4) is 5.75 Å². The summed E-state index contributed by atoms with van der Waals surface area (Å²) in [6, 6.07) is 8.06. The molecule has 0 aliphatic heterocycles. The zero-order valence-electron chi connectivity index (χ0n) is 13.5. The summed E-state index contributed by atoms with van der Waals surface area (Å²) in [6.45, 7) is 8.89. The number of ether oxygens (including phenoxy) is 2. The molecule has 5 nitrogen and oxygen atoms in total. The first-order chi connectivity index (χ1) is 10.2. The third-order valence-corrected chi connectivity index (χ3v) is 2.85. The molecule has 1 atom stereocenters. The average molecular weight is 293 g/mol. The number of nitrogens with one attached hydrogen (secondary N) is 2. The fourth-order valence-corrected chi connectivity index (χ4v) is 1.81. The Morgan fingerprint density at radius 1 is 1.33 bits per heavy atom. The van der Waals surface area contributed by atoms with Gasteiger partial charge in [-0.1, -0.05) is 12.1 Å². The van der Waals surface area contributed by atoms with Gasteiger partial charge in [0.25, 0.3) is 0 Å². The van der Waals surface area contributed by atoms with Gasteiger partial charge in [-0.3, -0.25) is 4.99 Å². The summed E-state index contributed by atoms with van der Waals surface area (Å²) in [5.74, 6) is 1.65. The highest BCUT2D eigenvalue weighted by Gasteiger charge is 2.05. The molecule has 0 saturated carbocycles. The Balaban J connectivity index is 2.29. The van der Waals surface area contributed by atoms with Crippen molar-refractivity contribution >= 4 is 5.96 Å². The van der Waals surface area contributed by atoms with Crippen molar-refractivity contribution in [3.05, 3.63) is 29.8 Å². The summed E-state index contributed by atoms with van der Waals surface area (Å²) in [7, 11) is 1.75. The number of hydrogen-bond donors (Lipinski definition) is 2. The van der Waals surface area contributed by atoms with Crippen LogP contribution in [0.4, 0.5) is 0 Å². The quantitative estimate of drug-likeness (QED) is 0.437. The molecule has 0 bridgehead atoms. The van der Waals surface area contributed by atoms with Crippen LogP contribution in [-0.4, -0.2) is 45.4 Å². The van der Waals surface area contributed by atoms with Gasteiger partial charge < -0.3 is 20.1 Å². The van der Waals surface area contributed by atoms with Crippen molar-refractivity contribution in [1.29, 1.82) is 0 Å². The normalized spacial score (nSPS) is 12.9. The number of aliphatic imine (C=N–C) groups is 1. The second-order valence-corrected chi connectivity index (χ2v) is 4.82. The Hall–Kier alpha value is -1.75. The molecule has 1 unspecified atom stereocenters. The largest absolute Gasteiger partial charge is 0.489 e. The van der Waals surface area contributed by atoms with Gasteiger partial charge in [0.1, 0.15) is 11.9 Å². The van der Waals surface area contributed by atoms with Crippen LogP contribution in [0, 0.1) is 6.92 Å². The summed E-state index contributed by atoms with van der Waals surface area (Å²) in [5.41, 5.74) is 1.20.